The van der Waals surface area contributed by atoms with Crippen molar-refractivity contribution in [1.29, 1.82) is 0 Å². The summed E-state index contributed by atoms with van der Waals surface area (Å²) >= 11 is 14.9. The number of nitrogens with zero attached hydrogens (tertiary/aromatic N) is 3. The number of anilines is 1. The van der Waals surface area contributed by atoms with Crippen molar-refractivity contribution in [2.45, 2.75) is 62.5 Å². The number of hydrogen-bond donors (Lipinski definition) is 0. The first-order valence-corrected chi connectivity index (χ1v) is 15.5. The summed E-state index contributed by atoms with van der Waals surface area (Å²) in [6.45, 7) is 0.906. The summed E-state index contributed by atoms with van der Waals surface area (Å²) in [5.74, 6) is 2.54. The molecule has 3 atom stereocenters. The van der Waals surface area contributed by atoms with Crippen LogP contribution in [0.1, 0.15) is 72.0 Å². The van der Waals surface area contributed by atoms with Gasteiger partial charge in [0.05, 0.1) is 33.5 Å². The normalized spacial score (nSPS) is 23.8. The molecule has 1 saturated heterocycles. The minimum Gasteiger partial charge on any atom is -0.488 e. The van der Waals surface area contributed by atoms with Crippen molar-refractivity contribution in [3.8, 4) is 17.0 Å². The van der Waals surface area contributed by atoms with Crippen molar-refractivity contribution in [1.82, 2.24) is 10.1 Å². The number of esters is 1. The Morgan fingerprint density at radius 1 is 1.12 bits per heavy atom. The molecule has 4 fully saturated rings. The number of hydrogen-bond acceptors (Lipinski definition) is 8. The third-order valence-electron chi connectivity index (χ3n) is 8.75. The standard InChI is InChI=1S/C30H27Cl2N3O4S/c1-37-29(36)15-10-22(38-18-7-8-18)26-23(11-15)40-30(33-26)35-13-16-9-17(35)12-19(16)24-27(34-39-28(24)14-5-6-14)25-20(31)3-2-4-21(25)32/h2-4,10-11,14,16-19H,5-9,12-13H2,1H3/t16-,17-,19-/m1/s1. The highest BCUT2D eigenvalue weighted by Crippen LogP contribution is 2.56. The van der Waals surface area contributed by atoms with Gasteiger partial charge in [-0.05, 0) is 74.6 Å². The molecule has 206 valence electrons. The molecule has 10 heteroatoms. The van der Waals surface area contributed by atoms with E-state index in [1.54, 1.807) is 17.4 Å². The van der Waals surface area contributed by atoms with Crippen LogP contribution in [0.25, 0.3) is 21.5 Å². The molecule has 40 heavy (non-hydrogen) atoms. The van der Waals surface area contributed by atoms with Crippen LogP contribution in [-0.2, 0) is 4.74 Å². The number of fused-ring (bicyclic) bond motifs is 3. The second-order valence-corrected chi connectivity index (χ2v) is 13.3. The molecule has 3 heterocycles. The van der Waals surface area contributed by atoms with Gasteiger partial charge in [-0.2, -0.15) is 0 Å². The van der Waals surface area contributed by atoms with Crippen molar-refractivity contribution in [3.63, 3.8) is 0 Å². The van der Waals surface area contributed by atoms with Gasteiger partial charge in [-0.1, -0.05) is 45.8 Å². The number of carbonyl (C=O) groups excluding carboxylic acids is 1. The SMILES string of the molecule is COC(=O)c1cc(OC2CC2)c2nc(N3C[C@H]4C[C@@H]3C[C@H]4c3c(-c4c(Cl)cccc4Cl)noc3C3CC3)sc2c1. The van der Waals surface area contributed by atoms with Crippen molar-refractivity contribution < 1.29 is 18.8 Å². The summed E-state index contributed by atoms with van der Waals surface area (Å²) in [7, 11) is 1.40. The number of rotatable bonds is 7. The topological polar surface area (TPSA) is 77.7 Å². The summed E-state index contributed by atoms with van der Waals surface area (Å²) in [4.78, 5) is 19.8. The predicted octanol–water partition coefficient (Wildman–Crippen LogP) is 7.85. The van der Waals surface area contributed by atoms with Gasteiger partial charge >= 0.3 is 5.97 Å². The van der Waals surface area contributed by atoms with Gasteiger partial charge in [0.2, 0.25) is 0 Å². The summed E-state index contributed by atoms with van der Waals surface area (Å²) < 4.78 is 18.1. The Bertz CT molecular complexity index is 1640. The summed E-state index contributed by atoms with van der Waals surface area (Å²) in [6, 6.07) is 9.59. The number of carbonyl (C=O) groups is 1. The van der Waals surface area contributed by atoms with E-state index in [9.17, 15) is 4.79 Å². The second-order valence-electron chi connectivity index (χ2n) is 11.5. The zero-order valence-corrected chi connectivity index (χ0v) is 24.2. The van der Waals surface area contributed by atoms with Crippen LogP contribution >= 0.6 is 34.5 Å². The zero-order valence-electron chi connectivity index (χ0n) is 21.9. The third kappa shape index (κ3) is 4.10. The Morgan fingerprint density at radius 2 is 1.93 bits per heavy atom. The van der Waals surface area contributed by atoms with Gasteiger partial charge in [0.25, 0.3) is 0 Å². The summed E-state index contributed by atoms with van der Waals surface area (Å²) in [5.41, 5.74) is 4.10. The molecule has 2 aromatic carbocycles. The molecule has 0 unspecified atom stereocenters. The number of ether oxygens (including phenoxy) is 2. The van der Waals surface area contributed by atoms with E-state index < -0.39 is 0 Å². The van der Waals surface area contributed by atoms with Crippen molar-refractivity contribution in [2.75, 3.05) is 18.6 Å². The highest BCUT2D eigenvalue weighted by atomic mass is 35.5. The fourth-order valence-electron chi connectivity index (χ4n) is 6.55. The molecule has 2 aromatic heterocycles. The van der Waals surface area contributed by atoms with E-state index >= 15 is 0 Å². The van der Waals surface area contributed by atoms with Crippen LogP contribution in [0.3, 0.4) is 0 Å². The number of methoxy groups -OCH3 is 1. The Hall–Kier alpha value is -2.81. The van der Waals surface area contributed by atoms with Crippen LogP contribution in [0.4, 0.5) is 5.13 Å². The third-order valence-corrected chi connectivity index (χ3v) is 10.4. The molecule has 8 rings (SSSR count). The van der Waals surface area contributed by atoms with E-state index in [1.165, 1.54) is 12.7 Å². The number of benzene rings is 2. The van der Waals surface area contributed by atoms with Crippen molar-refractivity contribution >= 4 is 55.9 Å². The average Bonchev–Trinajstić information content (AvgIpc) is 3.77. The zero-order chi connectivity index (χ0) is 27.1. The van der Waals surface area contributed by atoms with E-state index in [0.29, 0.717) is 45.2 Å². The molecule has 1 aliphatic heterocycles. The molecule has 3 aliphatic carbocycles. The molecule has 0 N–H and O–H groups in total. The molecular formula is C30H27Cl2N3O4S. The van der Waals surface area contributed by atoms with Gasteiger partial charge in [0, 0.05) is 29.6 Å². The Balaban J connectivity index is 1.12. The lowest BCUT2D eigenvalue weighted by atomic mass is 9.84. The van der Waals surface area contributed by atoms with Crippen LogP contribution in [-0.4, -0.2) is 41.9 Å². The molecule has 0 spiro atoms. The van der Waals surface area contributed by atoms with Gasteiger partial charge in [-0.25, -0.2) is 9.78 Å². The molecule has 2 bridgehead atoms. The fourth-order valence-corrected chi connectivity index (χ4v) is 8.23. The first-order valence-electron chi connectivity index (χ1n) is 13.9. The van der Waals surface area contributed by atoms with Gasteiger partial charge in [-0.15, -0.1) is 0 Å². The van der Waals surface area contributed by atoms with E-state index in [4.69, 9.17) is 42.2 Å². The van der Waals surface area contributed by atoms with Crippen molar-refractivity contribution in [3.05, 3.63) is 57.3 Å². The number of aromatic nitrogens is 2. The van der Waals surface area contributed by atoms with Crippen LogP contribution in [0.2, 0.25) is 10.0 Å². The first kappa shape index (κ1) is 24.9. The summed E-state index contributed by atoms with van der Waals surface area (Å²) in [6.07, 6.45) is 6.62. The maximum atomic E-state index is 12.3. The van der Waals surface area contributed by atoms with Crippen LogP contribution in [0.15, 0.2) is 34.9 Å². The fraction of sp³-hybridized carbons (Fsp3) is 0.433. The molecule has 7 nitrogen and oxygen atoms in total. The predicted molar refractivity (Wildman–Crippen MR) is 155 cm³/mol. The van der Waals surface area contributed by atoms with E-state index in [2.05, 4.69) is 10.1 Å². The van der Waals surface area contributed by atoms with Gasteiger partial charge in [-0.3, -0.25) is 0 Å². The van der Waals surface area contributed by atoms with E-state index in [0.717, 1.165) is 77.4 Å². The number of thiazole rings is 1. The smallest absolute Gasteiger partial charge is 0.338 e. The molecule has 0 amide bonds. The number of piperidine rings is 1. The molecule has 3 saturated carbocycles. The molecule has 4 aliphatic rings. The minimum absolute atomic E-state index is 0.204. The average molecular weight is 597 g/mol. The van der Waals surface area contributed by atoms with Crippen LogP contribution < -0.4 is 9.64 Å². The lowest BCUT2D eigenvalue weighted by Crippen LogP contribution is -2.34. The Kier molecular flexibility index (Phi) is 5.84. The van der Waals surface area contributed by atoms with Gasteiger partial charge in [0.15, 0.2) is 5.13 Å². The monoisotopic (exact) mass is 595 g/mol. The first-order chi connectivity index (χ1) is 19.5. The molecule has 4 aromatic rings. The minimum atomic E-state index is -0.366. The van der Waals surface area contributed by atoms with Crippen LogP contribution in [0, 0.1) is 5.92 Å². The number of halogens is 2. The second kappa shape index (κ2) is 9.36. The Labute approximate surface area is 245 Å². The molecular weight excluding hydrogens is 569 g/mol. The maximum absolute atomic E-state index is 12.3. The van der Waals surface area contributed by atoms with Gasteiger partial charge < -0.3 is 18.9 Å². The lowest BCUT2D eigenvalue weighted by Gasteiger charge is -2.31. The van der Waals surface area contributed by atoms with Crippen LogP contribution in [0.5, 0.6) is 5.75 Å². The highest BCUT2D eigenvalue weighted by Gasteiger charge is 2.50. The lowest BCUT2D eigenvalue weighted by molar-refractivity contribution is 0.0600. The largest absolute Gasteiger partial charge is 0.488 e. The summed E-state index contributed by atoms with van der Waals surface area (Å²) in [5, 5.41) is 6.72. The van der Waals surface area contributed by atoms with Crippen molar-refractivity contribution in [2.24, 2.45) is 5.92 Å². The van der Waals surface area contributed by atoms with E-state index in [-0.39, 0.29) is 12.1 Å². The van der Waals surface area contributed by atoms with E-state index in [1.807, 2.05) is 24.3 Å². The maximum Gasteiger partial charge on any atom is 0.338 e. The molecule has 0 radical (unpaired) electrons. The quantitative estimate of drug-likeness (QED) is 0.201. The van der Waals surface area contributed by atoms with Gasteiger partial charge in [0.1, 0.15) is 22.7 Å². The Morgan fingerprint density at radius 3 is 2.60 bits per heavy atom. The highest BCUT2D eigenvalue weighted by molar-refractivity contribution is 7.22.